The van der Waals surface area contributed by atoms with E-state index in [1.807, 2.05) is 12.1 Å². The molecule has 3 heteroatoms. The molecule has 0 aliphatic rings. The lowest BCUT2D eigenvalue weighted by Gasteiger charge is -2.12. The molecule has 1 N–H and O–H groups in total. The van der Waals surface area contributed by atoms with Crippen LogP contribution in [0.1, 0.15) is 26.0 Å². The lowest BCUT2D eigenvalue weighted by molar-refractivity contribution is 0.419. The van der Waals surface area contributed by atoms with Crippen LogP contribution in [0.15, 0.2) is 24.3 Å². The van der Waals surface area contributed by atoms with E-state index < -0.39 is 0 Å². The number of hydrogen-bond acceptors (Lipinski definition) is 3. The van der Waals surface area contributed by atoms with Crippen molar-refractivity contribution >= 4 is 16.6 Å². The van der Waals surface area contributed by atoms with Crippen molar-refractivity contribution in [2.24, 2.45) is 0 Å². The Morgan fingerprint density at radius 2 is 2.11 bits per heavy atom. The fourth-order valence-corrected chi connectivity index (χ4v) is 2.16. The Morgan fingerprint density at radius 1 is 1.28 bits per heavy atom. The van der Waals surface area contributed by atoms with Crippen LogP contribution in [0.5, 0.6) is 5.75 Å². The predicted octanol–water partition coefficient (Wildman–Crippen LogP) is 3.63. The van der Waals surface area contributed by atoms with Crippen molar-refractivity contribution in [1.29, 1.82) is 0 Å². The molecule has 3 nitrogen and oxygen atoms in total. The Labute approximate surface area is 108 Å². The highest BCUT2D eigenvalue weighted by molar-refractivity contribution is 5.95. The van der Waals surface area contributed by atoms with Gasteiger partial charge in [-0.1, -0.05) is 25.5 Å². The number of hydrogen-bond donors (Lipinski definition) is 1. The van der Waals surface area contributed by atoms with E-state index in [9.17, 15) is 0 Å². The molecular weight excluding hydrogens is 224 g/mol. The lowest BCUT2D eigenvalue weighted by Crippen LogP contribution is -2.01. The Hall–Kier alpha value is -1.77. The van der Waals surface area contributed by atoms with Crippen molar-refractivity contribution in [3.63, 3.8) is 0 Å². The average Bonchev–Trinajstić information content (AvgIpc) is 2.39. The molecule has 0 atom stereocenters. The normalized spacial score (nSPS) is 10.6. The summed E-state index contributed by atoms with van der Waals surface area (Å²) in [7, 11) is 1.69. The Kier molecular flexibility index (Phi) is 4.03. The van der Waals surface area contributed by atoms with Crippen molar-refractivity contribution in [2.75, 3.05) is 19.0 Å². The van der Waals surface area contributed by atoms with E-state index in [0.29, 0.717) is 0 Å². The van der Waals surface area contributed by atoms with Crippen LogP contribution in [-0.2, 0) is 6.42 Å². The fraction of sp³-hybridized carbons (Fsp3) is 0.400. The van der Waals surface area contributed by atoms with Crippen molar-refractivity contribution in [3.8, 4) is 5.75 Å². The third kappa shape index (κ3) is 2.40. The molecule has 0 amide bonds. The van der Waals surface area contributed by atoms with Gasteiger partial charge in [0, 0.05) is 23.3 Å². The van der Waals surface area contributed by atoms with E-state index in [-0.39, 0.29) is 0 Å². The van der Waals surface area contributed by atoms with Gasteiger partial charge in [0.2, 0.25) is 0 Å². The average molecular weight is 244 g/mol. The van der Waals surface area contributed by atoms with E-state index in [4.69, 9.17) is 9.72 Å². The van der Waals surface area contributed by atoms with Gasteiger partial charge in [0.05, 0.1) is 7.11 Å². The van der Waals surface area contributed by atoms with Gasteiger partial charge in [-0.2, -0.15) is 0 Å². The van der Waals surface area contributed by atoms with Gasteiger partial charge >= 0.3 is 0 Å². The molecule has 1 aromatic carbocycles. The van der Waals surface area contributed by atoms with E-state index in [1.54, 1.807) is 7.11 Å². The number of nitrogens with one attached hydrogen (secondary N) is 1. The number of para-hydroxylation sites is 1. The zero-order valence-corrected chi connectivity index (χ0v) is 11.3. The summed E-state index contributed by atoms with van der Waals surface area (Å²) in [6.45, 7) is 5.18. The van der Waals surface area contributed by atoms with Crippen LogP contribution in [-0.4, -0.2) is 18.6 Å². The number of anilines is 1. The quantitative estimate of drug-likeness (QED) is 0.872. The molecule has 0 aliphatic heterocycles. The van der Waals surface area contributed by atoms with Crippen LogP contribution in [0.3, 0.4) is 0 Å². The van der Waals surface area contributed by atoms with Gasteiger partial charge in [-0.05, 0) is 25.5 Å². The molecule has 1 aromatic heterocycles. The van der Waals surface area contributed by atoms with Crippen LogP contribution in [0.4, 0.5) is 5.69 Å². The van der Waals surface area contributed by atoms with Gasteiger partial charge in [-0.15, -0.1) is 0 Å². The number of fused-ring (bicyclic) bond motifs is 1. The molecule has 96 valence electrons. The van der Waals surface area contributed by atoms with Gasteiger partial charge in [0.1, 0.15) is 11.3 Å². The maximum atomic E-state index is 5.40. The van der Waals surface area contributed by atoms with E-state index in [0.717, 1.165) is 47.4 Å². The number of aromatic nitrogens is 1. The topological polar surface area (TPSA) is 34.1 Å². The standard InChI is InChI=1S/C15H20N2O/c1-4-7-11-10-13(16-5-2)12-8-6-9-14(18-3)15(12)17-11/h6,8-10H,4-5,7H2,1-3H3,(H,16,17). The third-order valence-corrected chi connectivity index (χ3v) is 2.95. The molecule has 0 aliphatic carbocycles. The zero-order valence-electron chi connectivity index (χ0n) is 11.3. The van der Waals surface area contributed by atoms with Crippen LogP contribution >= 0.6 is 0 Å². The second-order valence-electron chi connectivity index (χ2n) is 4.30. The first-order chi connectivity index (χ1) is 8.80. The highest BCUT2D eigenvalue weighted by atomic mass is 16.5. The molecule has 0 fully saturated rings. The summed E-state index contributed by atoms with van der Waals surface area (Å²) in [6, 6.07) is 8.19. The maximum absolute atomic E-state index is 5.40. The first-order valence-corrected chi connectivity index (χ1v) is 6.50. The smallest absolute Gasteiger partial charge is 0.145 e. The maximum Gasteiger partial charge on any atom is 0.145 e. The zero-order chi connectivity index (χ0) is 13.0. The Balaban J connectivity index is 2.64. The minimum atomic E-state index is 0.838. The van der Waals surface area contributed by atoms with Crippen molar-refractivity contribution in [1.82, 2.24) is 4.98 Å². The Morgan fingerprint density at radius 3 is 2.78 bits per heavy atom. The summed E-state index contributed by atoms with van der Waals surface area (Å²) in [4.78, 5) is 4.71. The van der Waals surface area contributed by atoms with Crippen LogP contribution in [0.2, 0.25) is 0 Å². The van der Waals surface area contributed by atoms with Gasteiger partial charge in [0.15, 0.2) is 0 Å². The lowest BCUT2D eigenvalue weighted by atomic mass is 10.1. The van der Waals surface area contributed by atoms with Crippen LogP contribution in [0.25, 0.3) is 10.9 Å². The molecular formula is C15H20N2O. The molecule has 0 radical (unpaired) electrons. The SMILES string of the molecule is CCCc1cc(NCC)c2cccc(OC)c2n1. The van der Waals surface area contributed by atoms with Crippen molar-refractivity contribution in [2.45, 2.75) is 26.7 Å². The van der Waals surface area contributed by atoms with Crippen LogP contribution in [0, 0.1) is 0 Å². The van der Waals surface area contributed by atoms with E-state index >= 15 is 0 Å². The molecule has 0 bridgehead atoms. The summed E-state index contributed by atoms with van der Waals surface area (Å²) in [5.41, 5.74) is 3.21. The number of nitrogens with zero attached hydrogens (tertiary/aromatic N) is 1. The van der Waals surface area contributed by atoms with Gasteiger partial charge in [-0.3, -0.25) is 0 Å². The van der Waals surface area contributed by atoms with E-state index in [2.05, 4.69) is 31.3 Å². The number of ether oxygens (including phenoxy) is 1. The summed E-state index contributed by atoms with van der Waals surface area (Å²) in [5.74, 6) is 0.838. The third-order valence-electron chi connectivity index (χ3n) is 2.95. The second kappa shape index (κ2) is 5.71. The molecule has 18 heavy (non-hydrogen) atoms. The minimum absolute atomic E-state index is 0.838. The summed E-state index contributed by atoms with van der Waals surface area (Å²) < 4.78 is 5.40. The molecule has 0 saturated carbocycles. The second-order valence-corrected chi connectivity index (χ2v) is 4.30. The summed E-state index contributed by atoms with van der Waals surface area (Å²) in [5, 5.41) is 4.53. The molecule has 2 aromatic rings. The fourth-order valence-electron chi connectivity index (χ4n) is 2.16. The summed E-state index contributed by atoms with van der Waals surface area (Å²) >= 11 is 0. The largest absolute Gasteiger partial charge is 0.494 e. The molecule has 0 spiro atoms. The number of pyridine rings is 1. The highest BCUT2D eigenvalue weighted by Gasteiger charge is 2.08. The number of methoxy groups -OCH3 is 1. The van der Waals surface area contributed by atoms with Crippen LogP contribution < -0.4 is 10.1 Å². The monoisotopic (exact) mass is 244 g/mol. The van der Waals surface area contributed by atoms with Crippen molar-refractivity contribution in [3.05, 3.63) is 30.0 Å². The number of aryl methyl sites for hydroxylation is 1. The highest BCUT2D eigenvalue weighted by Crippen LogP contribution is 2.30. The first-order valence-electron chi connectivity index (χ1n) is 6.50. The molecule has 1 heterocycles. The number of rotatable bonds is 5. The minimum Gasteiger partial charge on any atom is -0.494 e. The van der Waals surface area contributed by atoms with E-state index in [1.165, 1.54) is 0 Å². The van der Waals surface area contributed by atoms with Gasteiger partial charge < -0.3 is 10.1 Å². The van der Waals surface area contributed by atoms with Gasteiger partial charge in [0.25, 0.3) is 0 Å². The van der Waals surface area contributed by atoms with Gasteiger partial charge in [-0.25, -0.2) is 4.98 Å². The first kappa shape index (κ1) is 12.7. The Bertz CT molecular complexity index is 537. The summed E-state index contributed by atoms with van der Waals surface area (Å²) in [6.07, 6.45) is 2.09. The molecule has 0 unspecified atom stereocenters. The predicted molar refractivity (Wildman–Crippen MR) is 76.5 cm³/mol. The number of benzene rings is 1. The molecule has 2 rings (SSSR count). The molecule has 0 saturated heterocycles. The van der Waals surface area contributed by atoms with Crippen molar-refractivity contribution < 1.29 is 4.74 Å².